The Balaban J connectivity index is 4.88. The zero-order chi connectivity index (χ0) is 14.3. The average Bonchev–Trinajstić information content (AvgIpc) is 2.26. The fraction of sp³-hybridized carbons (Fsp3) is 0.857. The van der Waals surface area contributed by atoms with E-state index in [4.69, 9.17) is 0 Å². The Kier molecular flexibility index (Phi) is 6.96. The smallest absolute Gasteiger partial charge is 0.312 e. The summed E-state index contributed by atoms with van der Waals surface area (Å²) in [6, 6.07) is 0. The van der Waals surface area contributed by atoms with Crippen molar-refractivity contribution in [3.05, 3.63) is 0 Å². The second-order valence-corrected chi connectivity index (χ2v) is 5.51. The fourth-order valence-corrected chi connectivity index (χ4v) is 2.03. The van der Waals surface area contributed by atoms with E-state index < -0.39 is 0 Å². The quantitative estimate of drug-likeness (QED) is 0.708. The molecule has 0 spiro atoms. The SMILES string of the molecule is CCCN(CCC)C(=O)C(=O)N(CC)C(C)(C)C. The van der Waals surface area contributed by atoms with Gasteiger partial charge in [0.1, 0.15) is 0 Å². The zero-order valence-corrected chi connectivity index (χ0v) is 12.7. The number of hydrogen-bond acceptors (Lipinski definition) is 2. The molecule has 0 N–H and O–H groups in total. The molecule has 0 unspecified atom stereocenters. The van der Waals surface area contributed by atoms with E-state index in [0.29, 0.717) is 19.6 Å². The first-order valence-corrected chi connectivity index (χ1v) is 6.90. The Labute approximate surface area is 111 Å². The molecule has 4 heteroatoms. The van der Waals surface area contributed by atoms with E-state index in [-0.39, 0.29) is 17.4 Å². The van der Waals surface area contributed by atoms with Crippen LogP contribution in [0.1, 0.15) is 54.4 Å². The molecule has 0 atom stereocenters. The summed E-state index contributed by atoms with van der Waals surface area (Å²) in [6.07, 6.45) is 1.75. The number of amides is 2. The number of carbonyl (C=O) groups is 2. The van der Waals surface area contributed by atoms with E-state index in [9.17, 15) is 9.59 Å². The third-order valence-electron chi connectivity index (χ3n) is 2.83. The van der Waals surface area contributed by atoms with Crippen molar-refractivity contribution in [3.8, 4) is 0 Å². The lowest BCUT2D eigenvalue weighted by Crippen LogP contribution is -2.52. The Morgan fingerprint density at radius 3 is 1.61 bits per heavy atom. The van der Waals surface area contributed by atoms with Crippen LogP contribution in [0.4, 0.5) is 0 Å². The maximum atomic E-state index is 12.2. The molecule has 0 aliphatic carbocycles. The van der Waals surface area contributed by atoms with Crippen LogP contribution in [0.15, 0.2) is 0 Å². The van der Waals surface area contributed by atoms with Crippen LogP contribution in [-0.4, -0.2) is 46.8 Å². The molecule has 0 aromatic rings. The zero-order valence-electron chi connectivity index (χ0n) is 12.7. The molecule has 0 aliphatic rings. The van der Waals surface area contributed by atoms with Gasteiger partial charge in [-0.15, -0.1) is 0 Å². The third kappa shape index (κ3) is 4.67. The molecule has 4 nitrogen and oxygen atoms in total. The first-order valence-electron chi connectivity index (χ1n) is 6.90. The first-order chi connectivity index (χ1) is 8.29. The van der Waals surface area contributed by atoms with Gasteiger partial charge in [0.2, 0.25) is 0 Å². The van der Waals surface area contributed by atoms with Gasteiger partial charge in [0.15, 0.2) is 0 Å². The lowest BCUT2D eigenvalue weighted by molar-refractivity contribution is -0.154. The Morgan fingerprint density at radius 2 is 1.33 bits per heavy atom. The molecule has 0 heterocycles. The van der Waals surface area contributed by atoms with Crippen LogP contribution < -0.4 is 0 Å². The van der Waals surface area contributed by atoms with E-state index >= 15 is 0 Å². The molecule has 106 valence electrons. The molecular formula is C14H28N2O2. The molecule has 0 radical (unpaired) electrons. The maximum Gasteiger partial charge on any atom is 0.312 e. The van der Waals surface area contributed by atoms with Crippen molar-refractivity contribution >= 4 is 11.8 Å². The summed E-state index contributed by atoms with van der Waals surface area (Å²) in [7, 11) is 0. The highest BCUT2D eigenvalue weighted by atomic mass is 16.2. The number of hydrogen-bond donors (Lipinski definition) is 0. The van der Waals surface area contributed by atoms with E-state index in [0.717, 1.165) is 12.8 Å². The number of rotatable bonds is 5. The van der Waals surface area contributed by atoms with Crippen molar-refractivity contribution in [2.45, 2.75) is 59.9 Å². The molecule has 0 bridgehead atoms. The monoisotopic (exact) mass is 256 g/mol. The van der Waals surface area contributed by atoms with Gasteiger partial charge in [0.25, 0.3) is 0 Å². The van der Waals surface area contributed by atoms with Crippen LogP contribution in [0, 0.1) is 0 Å². The van der Waals surface area contributed by atoms with Crippen molar-refractivity contribution in [1.82, 2.24) is 9.80 Å². The number of carbonyl (C=O) groups excluding carboxylic acids is 2. The average molecular weight is 256 g/mol. The van der Waals surface area contributed by atoms with Crippen molar-refractivity contribution in [1.29, 1.82) is 0 Å². The first kappa shape index (κ1) is 16.9. The normalized spacial score (nSPS) is 11.2. The highest BCUT2D eigenvalue weighted by Gasteiger charge is 2.31. The minimum absolute atomic E-state index is 0.314. The fourth-order valence-electron chi connectivity index (χ4n) is 2.03. The van der Waals surface area contributed by atoms with Crippen LogP contribution in [0.3, 0.4) is 0 Å². The van der Waals surface area contributed by atoms with Crippen molar-refractivity contribution < 1.29 is 9.59 Å². The summed E-state index contributed by atoms with van der Waals surface area (Å²) in [5.74, 6) is -0.748. The minimum Gasteiger partial charge on any atom is -0.334 e. The summed E-state index contributed by atoms with van der Waals surface area (Å²) in [5.41, 5.74) is -0.314. The molecule has 0 saturated heterocycles. The standard InChI is InChI=1S/C14H28N2O2/c1-7-10-15(11-8-2)12(17)13(18)16(9-3)14(4,5)6/h7-11H2,1-6H3. The lowest BCUT2D eigenvalue weighted by Gasteiger charge is -2.35. The summed E-state index contributed by atoms with van der Waals surface area (Å²) in [6.45, 7) is 13.6. The van der Waals surface area contributed by atoms with E-state index in [1.54, 1.807) is 9.80 Å². The predicted octanol–water partition coefficient (Wildman–Crippen LogP) is 2.28. The van der Waals surface area contributed by atoms with Gasteiger partial charge >= 0.3 is 11.8 Å². The molecule has 0 fully saturated rings. The molecule has 0 saturated carbocycles. The summed E-state index contributed by atoms with van der Waals surface area (Å²) in [5, 5.41) is 0. The highest BCUT2D eigenvalue weighted by molar-refractivity contribution is 6.35. The summed E-state index contributed by atoms with van der Waals surface area (Å²) in [4.78, 5) is 27.7. The molecule has 0 aromatic carbocycles. The largest absolute Gasteiger partial charge is 0.334 e. The third-order valence-corrected chi connectivity index (χ3v) is 2.83. The minimum atomic E-state index is -0.383. The van der Waals surface area contributed by atoms with Crippen LogP contribution in [-0.2, 0) is 9.59 Å². The maximum absolute atomic E-state index is 12.2. The van der Waals surface area contributed by atoms with Crippen LogP contribution >= 0.6 is 0 Å². The van der Waals surface area contributed by atoms with Gasteiger partial charge in [-0.2, -0.15) is 0 Å². The topological polar surface area (TPSA) is 40.6 Å². The summed E-state index contributed by atoms with van der Waals surface area (Å²) < 4.78 is 0. The lowest BCUT2D eigenvalue weighted by atomic mass is 10.1. The molecular weight excluding hydrogens is 228 g/mol. The van der Waals surface area contributed by atoms with E-state index in [2.05, 4.69) is 0 Å². The van der Waals surface area contributed by atoms with Crippen molar-refractivity contribution in [3.63, 3.8) is 0 Å². The second kappa shape index (κ2) is 7.39. The van der Waals surface area contributed by atoms with Gasteiger partial charge in [-0.25, -0.2) is 0 Å². The van der Waals surface area contributed by atoms with Gasteiger partial charge in [-0.3, -0.25) is 9.59 Å². The summed E-state index contributed by atoms with van der Waals surface area (Å²) >= 11 is 0. The second-order valence-electron chi connectivity index (χ2n) is 5.51. The molecule has 0 aromatic heterocycles. The van der Waals surface area contributed by atoms with Crippen LogP contribution in [0.2, 0.25) is 0 Å². The van der Waals surface area contributed by atoms with Crippen molar-refractivity contribution in [2.75, 3.05) is 19.6 Å². The van der Waals surface area contributed by atoms with Gasteiger partial charge in [0, 0.05) is 25.2 Å². The number of likely N-dealkylation sites (N-methyl/N-ethyl adjacent to an activating group) is 1. The van der Waals surface area contributed by atoms with E-state index in [1.807, 2.05) is 41.5 Å². The molecule has 18 heavy (non-hydrogen) atoms. The van der Waals surface area contributed by atoms with Crippen molar-refractivity contribution in [2.24, 2.45) is 0 Å². The highest BCUT2D eigenvalue weighted by Crippen LogP contribution is 2.14. The van der Waals surface area contributed by atoms with Gasteiger partial charge in [-0.1, -0.05) is 13.8 Å². The molecule has 2 amide bonds. The van der Waals surface area contributed by atoms with E-state index in [1.165, 1.54) is 0 Å². The molecule has 0 aliphatic heterocycles. The van der Waals surface area contributed by atoms with Gasteiger partial charge in [0.05, 0.1) is 0 Å². The predicted molar refractivity (Wildman–Crippen MR) is 74.3 cm³/mol. The Bertz CT molecular complexity index is 276. The van der Waals surface area contributed by atoms with Crippen LogP contribution in [0.5, 0.6) is 0 Å². The van der Waals surface area contributed by atoms with Gasteiger partial charge < -0.3 is 9.80 Å². The number of nitrogens with zero attached hydrogens (tertiary/aromatic N) is 2. The Morgan fingerprint density at radius 1 is 0.889 bits per heavy atom. The Hall–Kier alpha value is -1.06. The van der Waals surface area contributed by atoms with Crippen LogP contribution in [0.25, 0.3) is 0 Å². The molecule has 0 rings (SSSR count). The van der Waals surface area contributed by atoms with Gasteiger partial charge in [-0.05, 0) is 40.5 Å².